The van der Waals surface area contributed by atoms with Crippen molar-refractivity contribution in [3.05, 3.63) is 46.8 Å². The normalized spacial score (nSPS) is 10.6. The molecule has 0 saturated heterocycles. The lowest BCUT2D eigenvalue weighted by Gasteiger charge is -2.16. The Hall–Kier alpha value is -2.30. The van der Waals surface area contributed by atoms with Crippen LogP contribution >= 0.6 is 0 Å². The zero-order valence-corrected chi connectivity index (χ0v) is 14.0. The van der Waals surface area contributed by atoms with Gasteiger partial charge in [0.1, 0.15) is 5.69 Å². The van der Waals surface area contributed by atoms with E-state index >= 15 is 0 Å². The van der Waals surface area contributed by atoms with Crippen molar-refractivity contribution in [1.29, 1.82) is 0 Å². The third-order valence-electron chi connectivity index (χ3n) is 3.63. The SMILES string of the molecule is CCn1nc(C)cc1C(=O)NCc1ccc(N(C)C)c(C)c1. The first-order valence-electron chi connectivity index (χ1n) is 7.52. The van der Waals surface area contributed by atoms with E-state index < -0.39 is 0 Å². The molecule has 0 aliphatic carbocycles. The molecule has 0 radical (unpaired) electrons. The Bertz CT molecular complexity index is 673. The van der Waals surface area contributed by atoms with Crippen molar-refractivity contribution in [2.24, 2.45) is 0 Å². The predicted molar refractivity (Wildman–Crippen MR) is 89.3 cm³/mol. The molecule has 0 bridgehead atoms. The number of nitrogens with zero attached hydrogens (tertiary/aromatic N) is 3. The van der Waals surface area contributed by atoms with Gasteiger partial charge in [-0.25, -0.2) is 0 Å². The zero-order chi connectivity index (χ0) is 16.3. The van der Waals surface area contributed by atoms with Gasteiger partial charge in [0.2, 0.25) is 0 Å². The van der Waals surface area contributed by atoms with Crippen LogP contribution in [0.1, 0.15) is 34.2 Å². The number of aryl methyl sites for hydroxylation is 3. The van der Waals surface area contributed by atoms with Crippen molar-refractivity contribution in [2.45, 2.75) is 33.9 Å². The lowest BCUT2D eigenvalue weighted by atomic mass is 10.1. The van der Waals surface area contributed by atoms with Crippen LogP contribution in [0.3, 0.4) is 0 Å². The number of nitrogens with one attached hydrogen (secondary N) is 1. The van der Waals surface area contributed by atoms with Crippen LogP contribution in [0.4, 0.5) is 5.69 Å². The van der Waals surface area contributed by atoms with E-state index in [0.29, 0.717) is 18.8 Å². The maximum atomic E-state index is 12.3. The van der Waals surface area contributed by atoms with Gasteiger partial charge < -0.3 is 10.2 Å². The minimum Gasteiger partial charge on any atom is -0.377 e. The Morgan fingerprint density at radius 1 is 1.27 bits per heavy atom. The lowest BCUT2D eigenvalue weighted by molar-refractivity contribution is 0.0940. The summed E-state index contributed by atoms with van der Waals surface area (Å²) in [4.78, 5) is 14.4. The summed E-state index contributed by atoms with van der Waals surface area (Å²) in [6, 6.07) is 8.06. The first kappa shape index (κ1) is 16.1. The molecule has 1 aromatic heterocycles. The highest BCUT2D eigenvalue weighted by molar-refractivity contribution is 5.92. The highest BCUT2D eigenvalue weighted by Crippen LogP contribution is 2.19. The quantitative estimate of drug-likeness (QED) is 0.923. The van der Waals surface area contributed by atoms with Crippen molar-refractivity contribution in [2.75, 3.05) is 19.0 Å². The van der Waals surface area contributed by atoms with Gasteiger partial charge >= 0.3 is 0 Å². The highest BCUT2D eigenvalue weighted by atomic mass is 16.2. The van der Waals surface area contributed by atoms with Crippen LogP contribution in [0.5, 0.6) is 0 Å². The van der Waals surface area contributed by atoms with E-state index in [1.807, 2.05) is 40.1 Å². The summed E-state index contributed by atoms with van der Waals surface area (Å²) in [6.45, 7) is 7.16. The number of amides is 1. The van der Waals surface area contributed by atoms with Crippen molar-refractivity contribution in [3.63, 3.8) is 0 Å². The highest BCUT2D eigenvalue weighted by Gasteiger charge is 2.12. The van der Waals surface area contributed by atoms with Gasteiger partial charge in [-0.2, -0.15) is 5.10 Å². The molecule has 2 rings (SSSR count). The van der Waals surface area contributed by atoms with Crippen LogP contribution in [-0.2, 0) is 13.1 Å². The Kier molecular flexibility index (Phi) is 4.85. The summed E-state index contributed by atoms with van der Waals surface area (Å²) in [5, 5.41) is 7.27. The Morgan fingerprint density at radius 3 is 2.59 bits per heavy atom. The fourth-order valence-electron chi connectivity index (χ4n) is 2.57. The van der Waals surface area contributed by atoms with E-state index in [1.54, 1.807) is 4.68 Å². The van der Waals surface area contributed by atoms with Gasteiger partial charge in [-0.3, -0.25) is 9.48 Å². The molecule has 0 aliphatic rings. The number of hydrogen-bond acceptors (Lipinski definition) is 3. The van der Waals surface area contributed by atoms with Gasteiger partial charge in [-0.1, -0.05) is 12.1 Å². The molecule has 1 N–H and O–H groups in total. The smallest absolute Gasteiger partial charge is 0.269 e. The van der Waals surface area contributed by atoms with E-state index in [-0.39, 0.29) is 5.91 Å². The lowest BCUT2D eigenvalue weighted by Crippen LogP contribution is -2.25. The number of carbonyl (C=O) groups is 1. The fraction of sp³-hybridized carbons (Fsp3) is 0.412. The molecule has 0 spiro atoms. The van der Waals surface area contributed by atoms with Gasteiger partial charge in [-0.15, -0.1) is 0 Å². The fourth-order valence-corrected chi connectivity index (χ4v) is 2.57. The number of hydrogen-bond donors (Lipinski definition) is 1. The zero-order valence-electron chi connectivity index (χ0n) is 14.0. The van der Waals surface area contributed by atoms with Gasteiger partial charge in [-0.05, 0) is 44.0 Å². The molecule has 1 heterocycles. The van der Waals surface area contributed by atoms with E-state index in [2.05, 4.69) is 34.4 Å². The van der Waals surface area contributed by atoms with Crippen LogP contribution in [0.2, 0.25) is 0 Å². The molecule has 0 atom stereocenters. The Morgan fingerprint density at radius 2 is 2.00 bits per heavy atom. The molecule has 0 aliphatic heterocycles. The molecule has 0 fully saturated rings. The van der Waals surface area contributed by atoms with Crippen molar-refractivity contribution in [3.8, 4) is 0 Å². The summed E-state index contributed by atoms with van der Waals surface area (Å²) in [5.74, 6) is -0.0863. The van der Waals surface area contributed by atoms with Gasteiger partial charge in [0.05, 0.1) is 5.69 Å². The number of anilines is 1. The van der Waals surface area contributed by atoms with Crippen LogP contribution in [0, 0.1) is 13.8 Å². The van der Waals surface area contributed by atoms with E-state index in [1.165, 1.54) is 11.3 Å². The van der Waals surface area contributed by atoms with Gasteiger partial charge in [0.15, 0.2) is 0 Å². The molecule has 2 aromatic rings. The number of carbonyl (C=O) groups excluding carboxylic acids is 1. The molecular weight excluding hydrogens is 276 g/mol. The van der Waals surface area contributed by atoms with Crippen molar-refractivity contribution < 1.29 is 4.79 Å². The van der Waals surface area contributed by atoms with Crippen LogP contribution in [0.15, 0.2) is 24.3 Å². The summed E-state index contributed by atoms with van der Waals surface area (Å²) in [5.41, 5.74) is 4.96. The van der Waals surface area contributed by atoms with Gasteiger partial charge in [0.25, 0.3) is 5.91 Å². The third kappa shape index (κ3) is 3.47. The van der Waals surface area contributed by atoms with Crippen molar-refractivity contribution >= 4 is 11.6 Å². The third-order valence-corrected chi connectivity index (χ3v) is 3.63. The number of rotatable bonds is 5. The van der Waals surface area contributed by atoms with Crippen LogP contribution in [-0.4, -0.2) is 29.8 Å². The largest absolute Gasteiger partial charge is 0.377 e. The van der Waals surface area contributed by atoms with Crippen molar-refractivity contribution in [1.82, 2.24) is 15.1 Å². The maximum absolute atomic E-state index is 12.3. The first-order valence-corrected chi connectivity index (χ1v) is 7.52. The Balaban J connectivity index is 2.06. The van der Waals surface area contributed by atoms with Gasteiger partial charge in [0, 0.05) is 32.9 Å². The monoisotopic (exact) mass is 300 g/mol. The molecule has 0 saturated carbocycles. The second-order valence-corrected chi connectivity index (χ2v) is 5.68. The summed E-state index contributed by atoms with van der Waals surface area (Å²) >= 11 is 0. The summed E-state index contributed by atoms with van der Waals surface area (Å²) < 4.78 is 1.73. The average Bonchev–Trinajstić information content (AvgIpc) is 2.85. The topological polar surface area (TPSA) is 50.2 Å². The molecular formula is C17H24N4O. The summed E-state index contributed by atoms with van der Waals surface area (Å²) in [6.07, 6.45) is 0. The predicted octanol–water partition coefficient (Wildman–Crippen LogP) is 2.52. The van der Waals surface area contributed by atoms with E-state index in [4.69, 9.17) is 0 Å². The maximum Gasteiger partial charge on any atom is 0.269 e. The second kappa shape index (κ2) is 6.64. The molecule has 5 nitrogen and oxygen atoms in total. The Labute approximate surface area is 131 Å². The van der Waals surface area contributed by atoms with Crippen LogP contribution < -0.4 is 10.2 Å². The average molecular weight is 300 g/mol. The minimum atomic E-state index is -0.0863. The number of benzene rings is 1. The molecule has 5 heteroatoms. The standard InChI is InChI=1S/C17H24N4O/c1-6-21-16(10-13(3)19-21)17(22)18-11-14-7-8-15(20(4)5)12(2)9-14/h7-10H,6,11H2,1-5H3,(H,18,22). The van der Waals surface area contributed by atoms with E-state index in [9.17, 15) is 4.79 Å². The molecule has 1 aromatic carbocycles. The van der Waals surface area contributed by atoms with E-state index in [0.717, 1.165) is 11.3 Å². The molecule has 118 valence electrons. The number of aromatic nitrogens is 2. The molecule has 1 amide bonds. The van der Waals surface area contributed by atoms with Crippen LogP contribution in [0.25, 0.3) is 0 Å². The summed E-state index contributed by atoms with van der Waals surface area (Å²) in [7, 11) is 4.05. The molecule has 22 heavy (non-hydrogen) atoms. The second-order valence-electron chi connectivity index (χ2n) is 5.68. The molecule has 0 unspecified atom stereocenters. The minimum absolute atomic E-state index is 0.0863. The first-order chi connectivity index (χ1) is 10.4.